The van der Waals surface area contributed by atoms with Crippen molar-refractivity contribution in [1.29, 1.82) is 0 Å². The Hall–Kier alpha value is -2.33. The molecule has 2 aliphatic rings. The number of halogens is 1. The van der Waals surface area contributed by atoms with Gasteiger partial charge in [0.15, 0.2) is 0 Å². The van der Waals surface area contributed by atoms with E-state index >= 15 is 0 Å². The molecule has 4 rings (SSSR count). The van der Waals surface area contributed by atoms with Gasteiger partial charge in [0, 0.05) is 36.1 Å². The van der Waals surface area contributed by atoms with Crippen molar-refractivity contribution >= 4 is 23.4 Å². The van der Waals surface area contributed by atoms with Crippen LogP contribution in [0.2, 0.25) is 5.02 Å². The highest BCUT2D eigenvalue weighted by atomic mass is 35.5. The number of nitrogens with zero attached hydrogens (tertiary/aromatic N) is 1. The van der Waals surface area contributed by atoms with E-state index in [0.29, 0.717) is 29.6 Å². The molecule has 1 aliphatic heterocycles. The Bertz CT molecular complexity index is 835. The van der Waals surface area contributed by atoms with Crippen LogP contribution in [0, 0.1) is 11.8 Å². The first kappa shape index (κ1) is 18.1. The van der Waals surface area contributed by atoms with E-state index in [2.05, 4.69) is 5.32 Å². The summed E-state index contributed by atoms with van der Waals surface area (Å²) in [6.45, 7) is 1.72. The molecule has 1 saturated carbocycles. The van der Waals surface area contributed by atoms with Gasteiger partial charge < -0.3 is 10.2 Å². The van der Waals surface area contributed by atoms with Crippen molar-refractivity contribution in [2.45, 2.75) is 18.8 Å². The summed E-state index contributed by atoms with van der Waals surface area (Å²) in [7, 11) is 0. The first-order chi connectivity index (χ1) is 13.1. The van der Waals surface area contributed by atoms with Gasteiger partial charge in [-0.2, -0.15) is 0 Å². The lowest BCUT2D eigenvalue weighted by Crippen LogP contribution is -2.36. The average Bonchev–Trinajstić information content (AvgIpc) is 3.42. The molecule has 1 aliphatic carbocycles. The van der Waals surface area contributed by atoms with Crippen LogP contribution in [0.25, 0.3) is 0 Å². The van der Waals surface area contributed by atoms with Crippen LogP contribution in [-0.2, 0) is 4.79 Å². The molecule has 0 aromatic heterocycles. The number of benzene rings is 2. The zero-order valence-electron chi connectivity index (χ0n) is 15.1. The number of amides is 2. The van der Waals surface area contributed by atoms with Crippen LogP contribution in [0.1, 0.15) is 34.7 Å². The van der Waals surface area contributed by atoms with Crippen LogP contribution in [0.15, 0.2) is 54.6 Å². The van der Waals surface area contributed by atoms with Crippen molar-refractivity contribution in [1.82, 2.24) is 10.2 Å². The summed E-state index contributed by atoms with van der Waals surface area (Å²) >= 11 is 6.04. The van der Waals surface area contributed by atoms with Gasteiger partial charge in [-0.3, -0.25) is 9.59 Å². The topological polar surface area (TPSA) is 49.4 Å². The molecule has 0 radical (unpaired) electrons. The predicted molar refractivity (Wildman–Crippen MR) is 106 cm³/mol. The number of likely N-dealkylation sites (tertiary alicyclic amines) is 1. The molecule has 1 N–H and O–H groups in total. The molecule has 2 fully saturated rings. The van der Waals surface area contributed by atoms with E-state index in [4.69, 9.17) is 11.6 Å². The SMILES string of the molecule is O=C(NCC1CC1)[C@H]1CN(C(=O)c2cccc(Cl)c2)C[C@H]1c1ccccc1. The average molecular weight is 383 g/mol. The van der Waals surface area contributed by atoms with E-state index in [-0.39, 0.29) is 23.7 Å². The number of hydrogen-bond acceptors (Lipinski definition) is 2. The Morgan fingerprint density at radius 1 is 1.04 bits per heavy atom. The van der Waals surface area contributed by atoms with Gasteiger partial charge in [0.25, 0.3) is 5.91 Å². The number of hydrogen-bond donors (Lipinski definition) is 1. The smallest absolute Gasteiger partial charge is 0.253 e. The third-order valence-corrected chi connectivity index (χ3v) is 5.74. The van der Waals surface area contributed by atoms with Crippen LogP contribution in [0.3, 0.4) is 0 Å². The number of nitrogens with one attached hydrogen (secondary N) is 1. The lowest BCUT2D eigenvalue weighted by atomic mass is 9.88. The maximum absolute atomic E-state index is 13.0. The number of carbonyl (C=O) groups is 2. The molecule has 1 saturated heterocycles. The van der Waals surface area contributed by atoms with Crippen LogP contribution in [0.5, 0.6) is 0 Å². The van der Waals surface area contributed by atoms with Gasteiger partial charge in [-0.15, -0.1) is 0 Å². The fourth-order valence-electron chi connectivity index (χ4n) is 3.78. The summed E-state index contributed by atoms with van der Waals surface area (Å²) in [5.74, 6) is 0.394. The van der Waals surface area contributed by atoms with Gasteiger partial charge in [0.1, 0.15) is 0 Å². The van der Waals surface area contributed by atoms with Crippen molar-refractivity contribution in [2.24, 2.45) is 11.8 Å². The zero-order chi connectivity index (χ0) is 18.8. The Morgan fingerprint density at radius 3 is 2.52 bits per heavy atom. The second kappa shape index (κ2) is 7.73. The zero-order valence-corrected chi connectivity index (χ0v) is 15.9. The van der Waals surface area contributed by atoms with E-state index in [9.17, 15) is 9.59 Å². The Kier molecular flexibility index (Phi) is 5.17. The maximum atomic E-state index is 13.0. The predicted octanol–water partition coefficient (Wildman–Crippen LogP) is 3.72. The third-order valence-electron chi connectivity index (χ3n) is 5.51. The molecule has 140 valence electrons. The van der Waals surface area contributed by atoms with Gasteiger partial charge >= 0.3 is 0 Å². The van der Waals surface area contributed by atoms with Gasteiger partial charge in [0.05, 0.1) is 5.92 Å². The minimum absolute atomic E-state index is 0.00790. The normalized spacial score (nSPS) is 21.9. The lowest BCUT2D eigenvalue weighted by molar-refractivity contribution is -0.125. The first-order valence-electron chi connectivity index (χ1n) is 9.49. The van der Waals surface area contributed by atoms with Crippen molar-refractivity contribution in [3.05, 3.63) is 70.7 Å². The molecule has 0 unspecified atom stereocenters. The minimum atomic E-state index is -0.228. The van der Waals surface area contributed by atoms with Crippen molar-refractivity contribution < 1.29 is 9.59 Å². The Labute approximate surface area is 164 Å². The summed E-state index contributed by atoms with van der Waals surface area (Å²) in [5, 5.41) is 3.64. The highest BCUT2D eigenvalue weighted by Gasteiger charge is 2.40. The van der Waals surface area contributed by atoms with Crippen LogP contribution in [-0.4, -0.2) is 36.3 Å². The summed E-state index contributed by atoms with van der Waals surface area (Å²) < 4.78 is 0. The van der Waals surface area contributed by atoms with Gasteiger partial charge in [-0.05, 0) is 42.5 Å². The third kappa shape index (κ3) is 4.16. The first-order valence-corrected chi connectivity index (χ1v) is 9.87. The highest BCUT2D eigenvalue weighted by Crippen LogP contribution is 2.34. The summed E-state index contributed by atoms with van der Waals surface area (Å²) in [6, 6.07) is 17.0. The molecule has 1 heterocycles. The quantitative estimate of drug-likeness (QED) is 0.856. The molecule has 0 spiro atoms. The largest absolute Gasteiger partial charge is 0.356 e. The van der Waals surface area contributed by atoms with Crippen molar-refractivity contribution in [2.75, 3.05) is 19.6 Å². The molecular weight excluding hydrogens is 360 g/mol. The second-order valence-corrected chi connectivity index (χ2v) is 7.97. The monoisotopic (exact) mass is 382 g/mol. The second-order valence-electron chi connectivity index (χ2n) is 7.53. The summed E-state index contributed by atoms with van der Waals surface area (Å²) in [5.41, 5.74) is 1.67. The molecule has 2 amide bonds. The molecule has 2 aromatic carbocycles. The molecular formula is C22H23ClN2O2. The van der Waals surface area contributed by atoms with Crippen molar-refractivity contribution in [3.63, 3.8) is 0 Å². The molecule has 2 aromatic rings. The van der Waals surface area contributed by atoms with Crippen LogP contribution in [0.4, 0.5) is 0 Å². The molecule has 27 heavy (non-hydrogen) atoms. The van der Waals surface area contributed by atoms with Crippen LogP contribution < -0.4 is 5.32 Å². The van der Waals surface area contributed by atoms with E-state index in [0.717, 1.165) is 12.1 Å². The number of rotatable bonds is 5. The van der Waals surface area contributed by atoms with E-state index in [1.807, 2.05) is 30.3 Å². The summed E-state index contributed by atoms with van der Waals surface area (Å²) in [4.78, 5) is 27.6. The van der Waals surface area contributed by atoms with Gasteiger partial charge in [-0.25, -0.2) is 0 Å². The van der Waals surface area contributed by atoms with Gasteiger partial charge in [0.2, 0.25) is 5.91 Å². The molecule has 5 heteroatoms. The Balaban J connectivity index is 1.54. The molecule has 4 nitrogen and oxygen atoms in total. The van der Waals surface area contributed by atoms with E-state index in [1.165, 1.54) is 12.8 Å². The van der Waals surface area contributed by atoms with Crippen molar-refractivity contribution in [3.8, 4) is 0 Å². The van der Waals surface area contributed by atoms with E-state index in [1.54, 1.807) is 29.2 Å². The fourth-order valence-corrected chi connectivity index (χ4v) is 3.97. The van der Waals surface area contributed by atoms with Gasteiger partial charge in [-0.1, -0.05) is 48.0 Å². The molecule has 2 atom stereocenters. The molecule has 0 bridgehead atoms. The minimum Gasteiger partial charge on any atom is -0.356 e. The van der Waals surface area contributed by atoms with Crippen LogP contribution >= 0.6 is 11.6 Å². The lowest BCUT2D eigenvalue weighted by Gasteiger charge is -2.18. The standard InChI is InChI=1S/C22H23ClN2O2/c23-18-8-4-7-17(11-18)22(27)25-13-19(16-5-2-1-3-6-16)20(14-25)21(26)24-12-15-9-10-15/h1-8,11,15,19-20H,9-10,12-14H2,(H,24,26)/t19-,20-/m0/s1. The summed E-state index contributed by atoms with van der Waals surface area (Å²) in [6.07, 6.45) is 2.40. The highest BCUT2D eigenvalue weighted by molar-refractivity contribution is 6.30. The van der Waals surface area contributed by atoms with E-state index < -0.39 is 0 Å². The Morgan fingerprint density at radius 2 is 1.81 bits per heavy atom. The fraction of sp³-hybridized carbons (Fsp3) is 0.364. The maximum Gasteiger partial charge on any atom is 0.253 e. The number of carbonyl (C=O) groups excluding carboxylic acids is 2.